The maximum atomic E-state index is 12.3. The van der Waals surface area contributed by atoms with E-state index >= 15 is 0 Å². The molecule has 0 aliphatic rings. The average molecular weight is 460 g/mol. The molecule has 0 fully saturated rings. The highest BCUT2D eigenvalue weighted by molar-refractivity contribution is 5.93. The molecule has 34 heavy (non-hydrogen) atoms. The maximum absolute atomic E-state index is 12.3. The van der Waals surface area contributed by atoms with Gasteiger partial charge in [0.15, 0.2) is 0 Å². The Labute approximate surface area is 201 Å². The van der Waals surface area contributed by atoms with Crippen molar-refractivity contribution in [3.05, 3.63) is 90.0 Å². The topological polar surface area (TPSA) is 70.7 Å². The molecule has 0 radical (unpaired) electrons. The largest absolute Gasteiger partial charge is 0.494 e. The van der Waals surface area contributed by atoms with Gasteiger partial charge in [-0.2, -0.15) is 0 Å². The molecule has 6 nitrogen and oxygen atoms in total. The van der Waals surface area contributed by atoms with Gasteiger partial charge in [0.1, 0.15) is 5.75 Å². The lowest BCUT2D eigenvalue weighted by atomic mass is 10.1. The van der Waals surface area contributed by atoms with E-state index in [2.05, 4.69) is 34.9 Å². The van der Waals surface area contributed by atoms with Gasteiger partial charge < -0.3 is 20.3 Å². The normalized spacial score (nSPS) is 10.4. The average Bonchev–Trinajstić information content (AvgIpc) is 2.86. The summed E-state index contributed by atoms with van der Waals surface area (Å²) in [4.78, 5) is 25.6. The highest BCUT2D eigenvalue weighted by Gasteiger charge is 2.06. The van der Waals surface area contributed by atoms with E-state index in [1.165, 1.54) is 5.56 Å². The molecule has 3 rings (SSSR count). The minimum absolute atomic E-state index is 0.103. The lowest BCUT2D eigenvalue weighted by Gasteiger charge is -2.11. The zero-order valence-corrected chi connectivity index (χ0v) is 19.9. The molecule has 0 spiro atoms. The van der Waals surface area contributed by atoms with Gasteiger partial charge in [-0.15, -0.1) is 0 Å². The molecule has 2 N–H and O–H groups in total. The lowest BCUT2D eigenvalue weighted by molar-refractivity contribution is -0.128. The minimum Gasteiger partial charge on any atom is -0.494 e. The summed E-state index contributed by atoms with van der Waals surface area (Å²) in [6, 6.07) is 25.6. The van der Waals surface area contributed by atoms with E-state index in [1.807, 2.05) is 54.6 Å². The second-order valence-electron chi connectivity index (χ2n) is 8.35. The van der Waals surface area contributed by atoms with Crippen molar-refractivity contribution in [2.75, 3.05) is 37.9 Å². The Hall–Kier alpha value is -3.80. The van der Waals surface area contributed by atoms with E-state index in [4.69, 9.17) is 4.74 Å². The van der Waals surface area contributed by atoms with Crippen LogP contribution in [-0.2, 0) is 22.4 Å². The number of aryl methyl sites for hydroxylation is 2. The van der Waals surface area contributed by atoms with Crippen LogP contribution in [-0.4, -0.2) is 44.0 Å². The quantitative estimate of drug-likeness (QED) is 0.383. The van der Waals surface area contributed by atoms with Crippen LogP contribution in [0.3, 0.4) is 0 Å². The number of anilines is 2. The first kappa shape index (κ1) is 24.8. The molecule has 0 unspecified atom stereocenters. The monoisotopic (exact) mass is 459 g/mol. The Morgan fingerprint density at radius 2 is 1.44 bits per heavy atom. The van der Waals surface area contributed by atoms with Crippen LogP contribution in [0.15, 0.2) is 78.9 Å². The van der Waals surface area contributed by atoms with Crippen molar-refractivity contribution in [1.82, 2.24) is 4.90 Å². The number of amides is 2. The van der Waals surface area contributed by atoms with Gasteiger partial charge in [0, 0.05) is 31.9 Å². The van der Waals surface area contributed by atoms with Gasteiger partial charge in [-0.05, 0) is 66.8 Å². The standard InChI is InChI=1S/C28H33N3O3/c1-31(2)28(33)19-12-23-10-13-25(14-11-23)30-27(32)21-29-24-15-17-26(18-16-24)34-20-6-9-22-7-4-3-5-8-22/h3-5,7-8,10-11,13-18,29H,6,9,12,19-21H2,1-2H3,(H,30,32). The van der Waals surface area contributed by atoms with Gasteiger partial charge in [-0.1, -0.05) is 42.5 Å². The molecule has 0 saturated carbocycles. The molecule has 0 saturated heterocycles. The second-order valence-corrected chi connectivity index (χ2v) is 8.35. The van der Waals surface area contributed by atoms with Crippen LogP contribution in [0.4, 0.5) is 11.4 Å². The van der Waals surface area contributed by atoms with E-state index in [-0.39, 0.29) is 18.4 Å². The highest BCUT2D eigenvalue weighted by Crippen LogP contribution is 2.16. The molecule has 0 aromatic heterocycles. The number of benzene rings is 3. The molecule has 178 valence electrons. The van der Waals surface area contributed by atoms with Crippen molar-refractivity contribution in [2.45, 2.75) is 25.7 Å². The molecular formula is C28H33N3O3. The Bertz CT molecular complexity index is 1030. The SMILES string of the molecule is CN(C)C(=O)CCc1ccc(NC(=O)CNc2ccc(OCCCc3ccccc3)cc2)cc1. The van der Waals surface area contributed by atoms with Gasteiger partial charge in [-0.3, -0.25) is 9.59 Å². The molecular weight excluding hydrogens is 426 g/mol. The van der Waals surface area contributed by atoms with Crippen LogP contribution < -0.4 is 15.4 Å². The smallest absolute Gasteiger partial charge is 0.243 e. The third-order valence-electron chi connectivity index (χ3n) is 5.39. The van der Waals surface area contributed by atoms with Gasteiger partial charge in [0.05, 0.1) is 13.2 Å². The van der Waals surface area contributed by atoms with Crippen LogP contribution >= 0.6 is 0 Å². The summed E-state index contributed by atoms with van der Waals surface area (Å²) in [6.45, 7) is 0.825. The Morgan fingerprint density at radius 1 is 0.794 bits per heavy atom. The number of nitrogens with zero attached hydrogens (tertiary/aromatic N) is 1. The maximum Gasteiger partial charge on any atom is 0.243 e. The predicted molar refractivity (Wildman–Crippen MR) is 137 cm³/mol. The fourth-order valence-electron chi connectivity index (χ4n) is 3.40. The van der Waals surface area contributed by atoms with Gasteiger partial charge >= 0.3 is 0 Å². The summed E-state index contributed by atoms with van der Waals surface area (Å²) < 4.78 is 5.81. The molecule has 0 heterocycles. The first-order valence-electron chi connectivity index (χ1n) is 11.6. The van der Waals surface area contributed by atoms with Gasteiger partial charge in [0.2, 0.25) is 11.8 Å². The fraction of sp³-hybridized carbons (Fsp3) is 0.286. The van der Waals surface area contributed by atoms with Crippen molar-refractivity contribution >= 4 is 23.2 Å². The van der Waals surface area contributed by atoms with Crippen molar-refractivity contribution in [2.24, 2.45) is 0 Å². The molecule has 3 aromatic carbocycles. The summed E-state index contributed by atoms with van der Waals surface area (Å²) >= 11 is 0. The zero-order valence-electron chi connectivity index (χ0n) is 19.9. The molecule has 0 atom stereocenters. The van der Waals surface area contributed by atoms with E-state index in [0.717, 1.165) is 35.5 Å². The summed E-state index contributed by atoms with van der Waals surface area (Å²) in [6.07, 6.45) is 3.10. The number of nitrogens with one attached hydrogen (secondary N) is 2. The van der Waals surface area contributed by atoms with Crippen LogP contribution in [0.2, 0.25) is 0 Å². The first-order valence-corrected chi connectivity index (χ1v) is 11.6. The first-order chi connectivity index (χ1) is 16.5. The molecule has 6 heteroatoms. The lowest BCUT2D eigenvalue weighted by Crippen LogP contribution is -2.22. The third kappa shape index (κ3) is 8.62. The summed E-state index contributed by atoms with van der Waals surface area (Å²) in [5.74, 6) is 0.790. The van der Waals surface area contributed by atoms with Crippen molar-refractivity contribution in [1.29, 1.82) is 0 Å². The van der Waals surface area contributed by atoms with Crippen molar-refractivity contribution < 1.29 is 14.3 Å². The number of carbonyl (C=O) groups excluding carboxylic acids is 2. The molecule has 0 aliphatic heterocycles. The van der Waals surface area contributed by atoms with E-state index in [9.17, 15) is 9.59 Å². The predicted octanol–water partition coefficient (Wildman–Crippen LogP) is 4.77. The van der Waals surface area contributed by atoms with Gasteiger partial charge in [-0.25, -0.2) is 0 Å². The Balaban J connectivity index is 1.34. The Kier molecular flexibility index (Phi) is 9.52. The minimum atomic E-state index is -0.128. The number of ether oxygens (including phenoxy) is 1. The van der Waals surface area contributed by atoms with E-state index in [0.29, 0.717) is 19.4 Å². The molecule has 0 bridgehead atoms. The number of carbonyl (C=O) groups is 2. The van der Waals surface area contributed by atoms with Crippen molar-refractivity contribution in [3.8, 4) is 5.75 Å². The van der Waals surface area contributed by atoms with Crippen LogP contribution in [0.1, 0.15) is 24.0 Å². The highest BCUT2D eigenvalue weighted by atomic mass is 16.5. The van der Waals surface area contributed by atoms with Gasteiger partial charge in [0.25, 0.3) is 0 Å². The summed E-state index contributed by atoms with van der Waals surface area (Å²) in [5, 5.41) is 6.01. The molecule has 2 amide bonds. The second kappa shape index (κ2) is 13.0. The number of hydrogen-bond acceptors (Lipinski definition) is 4. The Morgan fingerprint density at radius 3 is 2.12 bits per heavy atom. The number of hydrogen-bond donors (Lipinski definition) is 2. The summed E-state index contributed by atoms with van der Waals surface area (Å²) in [7, 11) is 3.51. The number of rotatable bonds is 12. The zero-order chi connectivity index (χ0) is 24.2. The van der Waals surface area contributed by atoms with Crippen LogP contribution in [0.5, 0.6) is 5.75 Å². The molecule has 0 aliphatic carbocycles. The fourth-order valence-corrected chi connectivity index (χ4v) is 3.40. The van der Waals surface area contributed by atoms with E-state index < -0.39 is 0 Å². The van der Waals surface area contributed by atoms with Crippen LogP contribution in [0.25, 0.3) is 0 Å². The van der Waals surface area contributed by atoms with Crippen LogP contribution in [0, 0.1) is 0 Å². The third-order valence-corrected chi connectivity index (χ3v) is 5.39. The summed E-state index contributed by atoms with van der Waals surface area (Å²) in [5.41, 5.74) is 3.96. The molecule has 3 aromatic rings. The van der Waals surface area contributed by atoms with E-state index in [1.54, 1.807) is 19.0 Å². The van der Waals surface area contributed by atoms with Crippen molar-refractivity contribution in [3.63, 3.8) is 0 Å².